The lowest BCUT2D eigenvalue weighted by Gasteiger charge is -2.61. The number of hydrogen-bond acceptors (Lipinski definition) is 17. The maximum absolute atomic E-state index is 13.1. The maximum atomic E-state index is 13.1. The van der Waals surface area contributed by atoms with Gasteiger partial charge in [0.05, 0.1) is 34.9 Å². The minimum absolute atomic E-state index is 0. The zero-order chi connectivity index (χ0) is 57.4. The number of nitrogens with zero attached hydrogens (tertiary/aromatic N) is 2. The third kappa shape index (κ3) is 9.57. The van der Waals surface area contributed by atoms with Crippen LogP contribution in [0.25, 0.3) is 0 Å². The number of aliphatic hydroxyl groups is 3. The van der Waals surface area contributed by atoms with Gasteiger partial charge in [0.1, 0.15) is 22.9 Å². The number of likely N-dealkylation sites (N-methyl/N-ethyl adjacent to an activating group) is 2. The third-order valence-electron chi connectivity index (χ3n) is 18.0. The van der Waals surface area contributed by atoms with Gasteiger partial charge in [-0.05, 0) is 121 Å². The van der Waals surface area contributed by atoms with Gasteiger partial charge in [0, 0.05) is 54.7 Å². The van der Waals surface area contributed by atoms with Crippen molar-refractivity contribution in [2.45, 2.75) is 151 Å². The number of aliphatic hydroxyl groups excluding tert-OH is 1. The van der Waals surface area contributed by atoms with Crippen LogP contribution in [0, 0.1) is 6.92 Å². The van der Waals surface area contributed by atoms with E-state index in [1.165, 1.54) is 5.56 Å². The van der Waals surface area contributed by atoms with E-state index in [2.05, 4.69) is 39.6 Å². The fourth-order valence-electron chi connectivity index (χ4n) is 14.2. The van der Waals surface area contributed by atoms with Gasteiger partial charge in [-0.1, -0.05) is 86.3 Å². The molecule has 0 unspecified atom stereocenters. The Balaban J connectivity index is 0.000000184. The monoisotopic (exact) mass is 1130 g/mol. The second-order valence-corrected chi connectivity index (χ2v) is 23.7. The highest BCUT2D eigenvalue weighted by Crippen LogP contribution is 2.66. The van der Waals surface area contributed by atoms with E-state index in [-0.39, 0.29) is 51.2 Å². The smallest absolute Gasteiger partial charge is 0.504 e. The van der Waals surface area contributed by atoms with Gasteiger partial charge in [0.2, 0.25) is 6.10 Å². The number of aromatic hydroxyl groups is 1. The SMILES string of the molecule is C.CN1CC[C@]23c4c5ccc(O)c4O[C@H]2C(OC(=O)CCNC(=O)[C@@H](O)c2ccccc2)=CC[C@@]3(O)[C@H]1C5.Cc1ccc2c3c1O[C@H]1C(OC(=O)CCNC(=O)[C@@H](OC(=O)OC(C)(C)C)c4ccccc4)=CC[C@@]4(O)[C@@H](C2)N(C)CC[C@]314. The van der Waals surface area contributed by atoms with Crippen LogP contribution >= 0.6 is 0 Å². The second kappa shape index (κ2) is 21.8. The molecule has 2 saturated heterocycles. The van der Waals surface area contributed by atoms with Gasteiger partial charge in [-0.3, -0.25) is 19.2 Å². The molecule has 4 bridgehead atoms. The Hall–Kier alpha value is -7.29. The highest BCUT2D eigenvalue weighted by Gasteiger charge is 2.73. The van der Waals surface area contributed by atoms with Crippen molar-refractivity contribution in [1.82, 2.24) is 20.4 Å². The van der Waals surface area contributed by atoms with Crippen LogP contribution < -0.4 is 20.1 Å². The van der Waals surface area contributed by atoms with Crippen molar-refractivity contribution >= 4 is 29.9 Å². The fourth-order valence-corrected chi connectivity index (χ4v) is 14.2. The Morgan fingerprint density at radius 3 is 1.68 bits per heavy atom. The van der Waals surface area contributed by atoms with Crippen molar-refractivity contribution < 1.29 is 72.8 Å². The number of amides is 2. The minimum atomic E-state index is -1.33. The summed E-state index contributed by atoms with van der Waals surface area (Å²) >= 11 is 0. The van der Waals surface area contributed by atoms with Gasteiger partial charge in [-0.2, -0.15) is 0 Å². The number of likely N-dealkylation sites (tertiary alicyclic amines) is 2. The molecule has 2 fully saturated rings. The number of hydrogen-bond donors (Lipinski definition) is 6. The number of carbonyl (C=O) groups is 5. The summed E-state index contributed by atoms with van der Waals surface area (Å²) in [7, 11) is 4.06. The number of esters is 2. The van der Waals surface area contributed by atoms with Gasteiger partial charge in [0.25, 0.3) is 11.8 Å². The van der Waals surface area contributed by atoms with Crippen LogP contribution in [0.2, 0.25) is 0 Å². The molecule has 0 radical (unpaired) electrons. The molecule has 4 aromatic carbocycles. The first-order chi connectivity index (χ1) is 38.6. The average molecular weight is 1130 g/mol. The molecule has 12 rings (SSSR count). The standard InChI is InChI=1S/C34H40N2O8.C28H30N2O7.CH4/c1-20-11-12-22-19-24-34(40)15-13-23(29-33(34,16-18-36(24)5)26(22)27(20)42-29)41-25(37)14-17-35-30(38)28(21-9-7-6-8-10-21)43-31(39)44-32(2,3)4;1-30-14-12-27-22-17-7-8-18(31)24(22)37-25(27)19(9-11-28(27,35)20(30)15-17)36-21(32)10-13-29-26(34)23(33)16-5-3-2-4-6-16;/h6-13,24,28-29,40H,14-19H2,1-5H3,(H,35,38);2-9,20,23,25,31,33,35H,10-15H2,1H3,(H,29,34);1H4/t24-,28+,29+,33+,34-;20-,23+,25+,27+,28-;/m11./s1. The van der Waals surface area contributed by atoms with Crippen molar-refractivity contribution in [2.75, 3.05) is 40.3 Å². The van der Waals surface area contributed by atoms with Crippen molar-refractivity contribution in [2.24, 2.45) is 0 Å². The quantitative estimate of drug-likeness (QED) is 0.0653. The molecule has 8 aliphatic rings. The molecule has 0 aromatic heterocycles. The van der Waals surface area contributed by atoms with Crippen LogP contribution in [-0.2, 0) is 61.8 Å². The van der Waals surface area contributed by atoms with Crippen LogP contribution in [0.4, 0.5) is 4.79 Å². The summed E-state index contributed by atoms with van der Waals surface area (Å²) in [6.07, 6.45) is 1.62. The Labute approximate surface area is 477 Å². The van der Waals surface area contributed by atoms with Crippen molar-refractivity contribution in [3.8, 4) is 17.2 Å². The molecule has 19 heteroatoms. The number of ether oxygens (including phenoxy) is 6. The van der Waals surface area contributed by atoms with E-state index < -0.39 is 82.0 Å². The molecular formula is C63H74N4O15. The minimum Gasteiger partial charge on any atom is -0.504 e. The highest BCUT2D eigenvalue weighted by molar-refractivity contribution is 5.85. The summed E-state index contributed by atoms with van der Waals surface area (Å²) in [6.45, 7) is 8.59. The number of piperidine rings is 2. The van der Waals surface area contributed by atoms with E-state index >= 15 is 0 Å². The third-order valence-corrected chi connectivity index (χ3v) is 18.0. The first-order valence-corrected chi connectivity index (χ1v) is 27.8. The first-order valence-electron chi connectivity index (χ1n) is 27.8. The topological polar surface area (TPSA) is 252 Å². The number of aryl methyl sites for hydroxylation is 1. The molecule has 4 aromatic rings. The molecule has 82 heavy (non-hydrogen) atoms. The van der Waals surface area contributed by atoms with Crippen LogP contribution in [0.5, 0.6) is 17.2 Å². The second-order valence-electron chi connectivity index (χ2n) is 23.7. The number of phenolic OH excluding ortho intramolecular Hbond substituents is 1. The number of rotatable bonds is 13. The number of benzene rings is 4. The lowest BCUT2D eigenvalue weighted by molar-refractivity contribution is -0.169. The molecule has 2 amide bonds. The van der Waals surface area contributed by atoms with E-state index in [1.807, 2.05) is 20.0 Å². The Morgan fingerprint density at radius 2 is 1.16 bits per heavy atom. The molecule has 19 nitrogen and oxygen atoms in total. The molecular weight excluding hydrogens is 1050 g/mol. The van der Waals surface area contributed by atoms with Gasteiger partial charge in [0.15, 0.2) is 29.8 Å². The normalized spacial score (nSPS) is 28.2. The largest absolute Gasteiger partial charge is 0.509 e. The van der Waals surface area contributed by atoms with Crippen LogP contribution in [0.15, 0.2) is 109 Å². The molecule has 4 heterocycles. The molecule has 4 aliphatic carbocycles. The number of nitrogens with one attached hydrogen (secondary N) is 2. The van der Waals surface area contributed by atoms with Crippen molar-refractivity contribution in [3.05, 3.63) is 148 Å². The van der Waals surface area contributed by atoms with E-state index in [9.17, 15) is 44.4 Å². The van der Waals surface area contributed by atoms with Crippen LogP contribution in [-0.4, -0.2) is 142 Å². The number of carbonyl (C=O) groups excluding carboxylic acids is 5. The maximum Gasteiger partial charge on any atom is 0.509 e. The van der Waals surface area contributed by atoms with E-state index in [0.29, 0.717) is 60.5 Å². The molecule has 10 atom stereocenters. The highest BCUT2D eigenvalue weighted by atomic mass is 16.7. The van der Waals surface area contributed by atoms with Gasteiger partial charge in [-0.15, -0.1) is 0 Å². The molecule has 6 N–H and O–H groups in total. The molecule has 4 aliphatic heterocycles. The Morgan fingerprint density at radius 1 is 0.683 bits per heavy atom. The molecule has 436 valence electrons. The summed E-state index contributed by atoms with van der Waals surface area (Å²) in [5.74, 6) is -0.439. The van der Waals surface area contributed by atoms with Crippen molar-refractivity contribution in [1.29, 1.82) is 0 Å². The first kappa shape index (κ1) is 57.9. The van der Waals surface area contributed by atoms with Gasteiger partial charge in [-0.25, -0.2) is 4.79 Å². The number of phenols is 1. The van der Waals surface area contributed by atoms with Gasteiger partial charge >= 0.3 is 18.1 Å². The van der Waals surface area contributed by atoms with Crippen molar-refractivity contribution in [3.63, 3.8) is 0 Å². The zero-order valence-electron chi connectivity index (χ0n) is 46.4. The fraction of sp³-hybridized carbons (Fsp3) is 0.476. The summed E-state index contributed by atoms with van der Waals surface area (Å²) in [5.41, 5.74) is 1.49. The van der Waals surface area contributed by atoms with Gasteiger partial charge < -0.3 is 69.3 Å². The molecule has 2 spiro atoms. The lowest BCUT2D eigenvalue weighted by atomic mass is 9.50. The summed E-state index contributed by atoms with van der Waals surface area (Å²) in [4.78, 5) is 68.1. The predicted octanol–water partition coefficient (Wildman–Crippen LogP) is 6.10. The summed E-state index contributed by atoms with van der Waals surface area (Å²) in [6, 6.07) is 24.6. The zero-order valence-corrected chi connectivity index (χ0v) is 46.4. The summed E-state index contributed by atoms with van der Waals surface area (Å²) < 4.78 is 35.1. The Kier molecular flexibility index (Phi) is 15.4. The van der Waals surface area contributed by atoms with E-state index in [0.717, 1.165) is 47.5 Å². The molecule has 0 saturated carbocycles. The summed E-state index contributed by atoms with van der Waals surface area (Å²) in [5, 5.41) is 50.5. The predicted molar refractivity (Wildman–Crippen MR) is 298 cm³/mol. The Bertz CT molecular complexity index is 3240. The van der Waals surface area contributed by atoms with E-state index in [1.54, 1.807) is 99.7 Å². The lowest BCUT2D eigenvalue weighted by Crippen LogP contribution is -2.74. The van der Waals surface area contributed by atoms with Crippen LogP contribution in [0.1, 0.15) is 118 Å². The average Bonchev–Trinajstić information content (AvgIpc) is 1.42. The van der Waals surface area contributed by atoms with Crippen LogP contribution in [0.3, 0.4) is 0 Å². The van der Waals surface area contributed by atoms with E-state index in [4.69, 9.17) is 28.4 Å².